The second-order valence-corrected chi connectivity index (χ2v) is 5.40. The minimum atomic E-state index is -2.24. The Kier molecular flexibility index (Phi) is 9.84. The van der Waals surface area contributed by atoms with E-state index in [1.54, 1.807) is 0 Å². The molecular formula is C17H34O2. The van der Waals surface area contributed by atoms with Crippen molar-refractivity contribution in [3.8, 4) is 0 Å². The Bertz CT molecular complexity index is 278. The smallest absolute Gasteiger partial charge is 0.308 e. The molecule has 2 heteroatoms. The zero-order valence-electron chi connectivity index (χ0n) is 15.9. The second-order valence-electron chi connectivity index (χ2n) is 5.40. The first kappa shape index (κ1) is 13.5. The number of ether oxygens (including phenoxy) is 1. The van der Waals surface area contributed by atoms with Gasteiger partial charge in [0.15, 0.2) is 0 Å². The SMILES string of the molecule is [2H]C([2H])([2H])C(CCCCCCCCCCCCC)C(=O)OC. The molecule has 0 aliphatic rings. The molecule has 1 unspecified atom stereocenters. The van der Waals surface area contributed by atoms with Gasteiger partial charge in [-0.2, -0.15) is 0 Å². The quantitative estimate of drug-likeness (QED) is 0.327. The van der Waals surface area contributed by atoms with Gasteiger partial charge in [0.25, 0.3) is 0 Å². The summed E-state index contributed by atoms with van der Waals surface area (Å²) >= 11 is 0. The van der Waals surface area contributed by atoms with Crippen molar-refractivity contribution in [1.82, 2.24) is 0 Å². The van der Waals surface area contributed by atoms with Crippen LogP contribution >= 0.6 is 0 Å². The van der Waals surface area contributed by atoms with Crippen LogP contribution in [-0.4, -0.2) is 13.1 Å². The minimum absolute atomic E-state index is 0.403. The molecule has 0 radical (unpaired) electrons. The molecule has 0 heterocycles. The zero-order chi connectivity index (χ0) is 16.8. The van der Waals surface area contributed by atoms with Gasteiger partial charge in [0.2, 0.25) is 0 Å². The summed E-state index contributed by atoms with van der Waals surface area (Å²) in [6, 6.07) is 0. The Balaban J connectivity index is 3.56. The summed E-state index contributed by atoms with van der Waals surface area (Å²) in [7, 11) is 1.25. The van der Waals surface area contributed by atoms with Crippen LogP contribution in [0, 0.1) is 5.92 Å². The van der Waals surface area contributed by atoms with Crippen LogP contribution < -0.4 is 0 Å². The summed E-state index contributed by atoms with van der Waals surface area (Å²) < 4.78 is 26.8. The number of esters is 1. The summed E-state index contributed by atoms with van der Waals surface area (Å²) in [5.41, 5.74) is 0. The molecular weight excluding hydrogens is 236 g/mol. The second kappa shape index (κ2) is 13.9. The number of rotatable bonds is 13. The van der Waals surface area contributed by atoms with Gasteiger partial charge in [0.05, 0.1) is 13.0 Å². The standard InChI is InChI=1S/C17H34O2/c1-4-5-6-7-8-9-10-11-12-13-14-15-16(2)17(18)19-3/h16H,4-15H2,1-3H3/i2D3. The van der Waals surface area contributed by atoms with E-state index in [2.05, 4.69) is 11.7 Å². The van der Waals surface area contributed by atoms with E-state index in [0.29, 0.717) is 6.42 Å². The summed E-state index contributed by atoms with van der Waals surface area (Å²) in [6.45, 7) is -0.0113. The molecule has 19 heavy (non-hydrogen) atoms. The van der Waals surface area contributed by atoms with Gasteiger partial charge in [-0.15, -0.1) is 0 Å². The van der Waals surface area contributed by atoms with Gasteiger partial charge in [-0.1, -0.05) is 84.4 Å². The molecule has 2 nitrogen and oxygen atoms in total. The number of methoxy groups -OCH3 is 1. The monoisotopic (exact) mass is 273 g/mol. The molecule has 0 aromatic rings. The molecule has 0 spiro atoms. The van der Waals surface area contributed by atoms with Gasteiger partial charge in [-0.3, -0.25) is 4.79 Å². The van der Waals surface area contributed by atoms with Crippen LogP contribution in [0.1, 0.15) is 94.9 Å². The maximum absolute atomic E-state index is 11.5. The van der Waals surface area contributed by atoms with E-state index >= 15 is 0 Å². The van der Waals surface area contributed by atoms with Gasteiger partial charge in [-0.25, -0.2) is 0 Å². The molecule has 0 amide bonds. The lowest BCUT2D eigenvalue weighted by atomic mass is 10.0. The van der Waals surface area contributed by atoms with Gasteiger partial charge in [-0.05, 0) is 6.42 Å². The third kappa shape index (κ3) is 12.3. The van der Waals surface area contributed by atoms with Crippen LogP contribution in [0.4, 0.5) is 0 Å². The van der Waals surface area contributed by atoms with E-state index in [9.17, 15) is 4.79 Å². The highest BCUT2D eigenvalue weighted by molar-refractivity contribution is 5.71. The summed E-state index contributed by atoms with van der Waals surface area (Å²) in [5.74, 6) is -1.57. The fourth-order valence-electron chi connectivity index (χ4n) is 2.27. The highest BCUT2D eigenvalue weighted by Crippen LogP contribution is 2.14. The maximum atomic E-state index is 11.5. The highest BCUT2D eigenvalue weighted by Gasteiger charge is 2.11. The molecule has 0 saturated carbocycles. The molecule has 0 N–H and O–H groups in total. The number of hydrogen-bond acceptors (Lipinski definition) is 2. The first-order valence-corrected chi connectivity index (χ1v) is 8.01. The van der Waals surface area contributed by atoms with Crippen molar-refractivity contribution in [2.24, 2.45) is 5.92 Å². The number of carbonyl (C=O) groups excluding carboxylic acids is 1. The molecule has 0 aliphatic carbocycles. The first-order valence-electron chi connectivity index (χ1n) is 9.51. The Morgan fingerprint density at radius 1 is 0.947 bits per heavy atom. The van der Waals surface area contributed by atoms with Crippen molar-refractivity contribution in [2.45, 2.75) is 90.8 Å². The molecule has 0 bridgehead atoms. The molecule has 0 aliphatic heterocycles. The Hall–Kier alpha value is -0.530. The van der Waals surface area contributed by atoms with Gasteiger partial charge in [0, 0.05) is 4.11 Å². The normalized spacial score (nSPS) is 15.4. The lowest BCUT2D eigenvalue weighted by Crippen LogP contribution is -2.12. The van der Waals surface area contributed by atoms with Crippen molar-refractivity contribution in [1.29, 1.82) is 0 Å². The van der Waals surface area contributed by atoms with Crippen molar-refractivity contribution in [3.63, 3.8) is 0 Å². The lowest BCUT2D eigenvalue weighted by molar-refractivity contribution is -0.145. The summed E-state index contributed by atoms with van der Waals surface area (Å²) in [5, 5.41) is 0. The van der Waals surface area contributed by atoms with Crippen molar-refractivity contribution in [3.05, 3.63) is 0 Å². The maximum Gasteiger partial charge on any atom is 0.308 e. The predicted octanol–water partition coefficient (Wildman–Crippen LogP) is 5.50. The van der Waals surface area contributed by atoms with Crippen LogP contribution in [0.3, 0.4) is 0 Å². The largest absolute Gasteiger partial charge is 0.469 e. The average molecular weight is 273 g/mol. The van der Waals surface area contributed by atoms with E-state index in [1.165, 1.54) is 58.5 Å². The van der Waals surface area contributed by atoms with E-state index in [4.69, 9.17) is 4.11 Å². The fraction of sp³-hybridized carbons (Fsp3) is 0.941. The molecule has 0 aromatic carbocycles. The van der Waals surface area contributed by atoms with Crippen molar-refractivity contribution < 1.29 is 13.6 Å². The van der Waals surface area contributed by atoms with E-state index < -0.39 is 18.7 Å². The zero-order valence-corrected chi connectivity index (χ0v) is 12.9. The minimum Gasteiger partial charge on any atom is -0.469 e. The molecule has 0 aromatic heterocycles. The fourth-order valence-corrected chi connectivity index (χ4v) is 2.27. The predicted molar refractivity (Wildman–Crippen MR) is 82.3 cm³/mol. The van der Waals surface area contributed by atoms with Gasteiger partial charge < -0.3 is 4.74 Å². The number of unbranched alkanes of at least 4 members (excludes halogenated alkanes) is 10. The van der Waals surface area contributed by atoms with Crippen LogP contribution in [0.2, 0.25) is 0 Å². The van der Waals surface area contributed by atoms with Crippen molar-refractivity contribution >= 4 is 5.97 Å². The molecule has 1 atom stereocenters. The van der Waals surface area contributed by atoms with E-state index in [1.807, 2.05) is 0 Å². The Morgan fingerprint density at radius 3 is 1.84 bits per heavy atom. The highest BCUT2D eigenvalue weighted by atomic mass is 16.5. The molecule has 0 rings (SSSR count). The topological polar surface area (TPSA) is 26.3 Å². The van der Waals surface area contributed by atoms with Crippen LogP contribution in [0.25, 0.3) is 0 Å². The third-order valence-corrected chi connectivity index (χ3v) is 3.58. The number of carbonyl (C=O) groups is 1. The van der Waals surface area contributed by atoms with Gasteiger partial charge >= 0.3 is 5.97 Å². The third-order valence-electron chi connectivity index (χ3n) is 3.58. The molecule has 0 fully saturated rings. The van der Waals surface area contributed by atoms with E-state index in [0.717, 1.165) is 19.3 Å². The summed E-state index contributed by atoms with van der Waals surface area (Å²) in [6.07, 6.45) is 13.8. The van der Waals surface area contributed by atoms with Crippen LogP contribution in [0.15, 0.2) is 0 Å². The Morgan fingerprint density at radius 2 is 1.42 bits per heavy atom. The lowest BCUT2D eigenvalue weighted by Gasteiger charge is -2.08. The first-order chi connectivity index (χ1) is 10.4. The van der Waals surface area contributed by atoms with Gasteiger partial charge in [0.1, 0.15) is 0 Å². The van der Waals surface area contributed by atoms with Crippen LogP contribution in [-0.2, 0) is 9.53 Å². The molecule has 0 saturated heterocycles. The summed E-state index contributed by atoms with van der Waals surface area (Å²) in [4.78, 5) is 11.5. The Labute approximate surface area is 124 Å². The average Bonchev–Trinajstić information content (AvgIpc) is 2.46. The van der Waals surface area contributed by atoms with E-state index in [-0.39, 0.29) is 0 Å². The molecule has 114 valence electrons. The van der Waals surface area contributed by atoms with Crippen LogP contribution in [0.5, 0.6) is 0 Å². The van der Waals surface area contributed by atoms with Crippen molar-refractivity contribution in [2.75, 3.05) is 7.11 Å². The number of hydrogen-bond donors (Lipinski definition) is 0.